The lowest BCUT2D eigenvalue weighted by atomic mass is 9.96. The van der Waals surface area contributed by atoms with Crippen LogP contribution in [0.2, 0.25) is 0 Å². The predicted octanol–water partition coefficient (Wildman–Crippen LogP) is 1.35. The van der Waals surface area contributed by atoms with Crippen LogP contribution in [-0.4, -0.2) is 40.8 Å². The van der Waals surface area contributed by atoms with Gasteiger partial charge in [0.2, 0.25) is 0 Å². The molecule has 94 valence electrons. The largest absolute Gasteiger partial charge is 0.387 e. The second-order valence-electron chi connectivity index (χ2n) is 5.74. The molecule has 0 radical (unpaired) electrons. The van der Waals surface area contributed by atoms with Gasteiger partial charge in [0.05, 0.1) is 5.60 Å². The van der Waals surface area contributed by atoms with E-state index < -0.39 is 5.60 Å². The van der Waals surface area contributed by atoms with E-state index in [4.69, 9.17) is 5.73 Å². The lowest BCUT2D eigenvalue weighted by Crippen LogP contribution is -2.52. The maximum absolute atomic E-state index is 10.6. The van der Waals surface area contributed by atoms with Crippen molar-refractivity contribution in [3.05, 3.63) is 0 Å². The fourth-order valence-electron chi connectivity index (χ4n) is 3.15. The number of nitrogens with zero attached hydrogens (tertiary/aromatic N) is 1. The van der Waals surface area contributed by atoms with E-state index in [0.29, 0.717) is 24.5 Å². The Morgan fingerprint density at radius 1 is 1.31 bits per heavy atom. The van der Waals surface area contributed by atoms with Crippen molar-refractivity contribution in [3.63, 3.8) is 0 Å². The van der Waals surface area contributed by atoms with E-state index in [1.807, 2.05) is 0 Å². The van der Waals surface area contributed by atoms with Crippen LogP contribution < -0.4 is 5.73 Å². The number of β-amino-alcohol motifs (C(OH)–C–C–N with tert-alkyl or cyclic N) is 1. The molecule has 1 saturated carbocycles. The molecule has 0 aromatic rings. The Hall–Kier alpha value is -0.120. The molecule has 0 spiro atoms. The third-order valence-electron chi connectivity index (χ3n) is 4.57. The van der Waals surface area contributed by atoms with Crippen LogP contribution in [0, 0.1) is 5.92 Å². The number of likely N-dealkylation sites (tertiary alicyclic amines) is 1. The summed E-state index contributed by atoms with van der Waals surface area (Å²) in [5.74, 6) is 0.461. The SMILES string of the molecule is CCC1CCC(C)N1CC(O)(CN)C1CC1. The van der Waals surface area contributed by atoms with Crippen molar-refractivity contribution in [1.29, 1.82) is 0 Å². The molecule has 3 unspecified atom stereocenters. The molecule has 3 atom stereocenters. The highest BCUT2D eigenvalue weighted by atomic mass is 16.3. The molecule has 2 fully saturated rings. The van der Waals surface area contributed by atoms with E-state index in [-0.39, 0.29) is 0 Å². The molecule has 0 amide bonds. The van der Waals surface area contributed by atoms with Crippen molar-refractivity contribution in [2.45, 2.75) is 63.6 Å². The topological polar surface area (TPSA) is 49.5 Å². The molecule has 0 bridgehead atoms. The quantitative estimate of drug-likeness (QED) is 0.744. The molecule has 2 rings (SSSR count). The fourth-order valence-corrected chi connectivity index (χ4v) is 3.15. The maximum Gasteiger partial charge on any atom is 0.0923 e. The van der Waals surface area contributed by atoms with Crippen molar-refractivity contribution in [1.82, 2.24) is 4.90 Å². The van der Waals surface area contributed by atoms with E-state index in [9.17, 15) is 5.11 Å². The summed E-state index contributed by atoms with van der Waals surface area (Å²) >= 11 is 0. The third-order valence-corrected chi connectivity index (χ3v) is 4.57. The Morgan fingerprint density at radius 2 is 2.00 bits per heavy atom. The van der Waals surface area contributed by atoms with E-state index in [0.717, 1.165) is 19.4 Å². The summed E-state index contributed by atoms with van der Waals surface area (Å²) in [5, 5.41) is 10.6. The summed E-state index contributed by atoms with van der Waals surface area (Å²) in [5.41, 5.74) is 5.16. The first-order valence-electron chi connectivity index (χ1n) is 6.79. The molecule has 16 heavy (non-hydrogen) atoms. The highest BCUT2D eigenvalue weighted by Gasteiger charge is 2.46. The van der Waals surface area contributed by atoms with Gasteiger partial charge in [-0.1, -0.05) is 6.92 Å². The van der Waals surface area contributed by atoms with Crippen LogP contribution in [0.3, 0.4) is 0 Å². The summed E-state index contributed by atoms with van der Waals surface area (Å²) in [6.45, 7) is 5.72. The van der Waals surface area contributed by atoms with Gasteiger partial charge >= 0.3 is 0 Å². The minimum absolute atomic E-state index is 0.414. The van der Waals surface area contributed by atoms with Crippen LogP contribution in [0.4, 0.5) is 0 Å². The molecule has 1 aliphatic heterocycles. The first-order chi connectivity index (χ1) is 7.60. The Balaban J connectivity index is 2.00. The highest BCUT2D eigenvalue weighted by Crippen LogP contribution is 2.41. The average molecular weight is 226 g/mol. The second kappa shape index (κ2) is 4.63. The Labute approximate surface area is 99.0 Å². The number of nitrogens with two attached hydrogens (primary N) is 1. The lowest BCUT2D eigenvalue weighted by Gasteiger charge is -2.36. The minimum atomic E-state index is -0.619. The Kier molecular flexibility index (Phi) is 3.57. The van der Waals surface area contributed by atoms with Crippen LogP contribution in [0.25, 0.3) is 0 Å². The van der Waals surface area contributed by atoms with E-state index in [2.05, 4.69) is 18.7 Å². The third kappa shape index (κ3) is 2.27. The van der Waals surface area contributed by atoms with E-state index in [1.54, 1.807) is 0 Å². The molecule has 0 aromatic carbocycles. The predicted molar refractivity (Wildman–Crippen MR) is 66.2 cm³/mol. The standard InChI is InChI=1S/C13H26N2O/c1-3-12-7-4-10(2)15(12)9-13(16,8-14)11-5-6-11/h10-12,16H,3-9,14H2,1-2H3. The smallest absolute Gasteiger partial charge is 0.0923 e. The molecular weight excluding hydrogens is 200 g/mol. The molecule has 2 aliphatic rings. The molecule has 3 N–H and O–H groups in total. The van der Waals surface area contributed by atoms with Crippen molar-refractivity contribution in [2.24, 2.45) is 11.7 Å². The maximum atomic E-state index is 10.6. The number of rotatable bonds is 5. The number of hydrogen-bond acceptors (Lipinski definition) is 3. The minimum Gasteiger partial charge on any atom is -0.387 e. The average Bonchev–Trinajstić information content (AvgIpc) is 3.07. The molecule has 1 saturated heterocycles. The monoisotopic (exact) mass is 226 g/mol. The molecule has 0 aromatic heterocycles. The number of aliphatic hydroxyl groups is 1. The highest BCUT2D eigenvalue weighted by molar-refractivity contribution is 5.00. The zero-order valence-corrected chi connectivity index (χ0v) is 10.7. The van der Waals surface area contributed by atoms with Gasteiger partial charge in [0.25, 0.3) is 0 Å². The first-order valence-corrected chi connectivity index (χ1v) is 6.79. The normalized spacial score (nSPS) is 35.2. The molecule has 1 aliphatic carbocycles. The van der Waals surface area contributed by atoms with Crippen molar-refractivity contribution >= 4 is 0 Å². The van der Waals surface area contributed by atoms with Crippen LogP contribution >= 0.6 is 0 Å². The molecule has 3 nitrogen and oxygen atoms in total. The molecule has 3 heteroatoms. The van der Waals surface area contributed by atoms with Gasteiger partial charge in [-0.2, -0.15) is 0 Å². The summed E-state index contributed by atoms with van der Waals surface area (Å²) in [6.07, 6.45) is 6.06. The van der Waals surface area contributed by atoms with E-state index >= 15 is 0 Å². The van der Waals surface area contributed by atoms with Crippen molar-refractivity contribution in [2.75, 3.05) is 13.1 Å². The molecule has 1 heterocycles. The Bertz CT molecular complexity index is 242. The van der Waals surface area contributed by atoms with Crippen molar-refractivity contribution in [3.8, 4) is 0 Å². The fraction of sp³-hybridized carbons (Fsp3) is 1.00. The summed E-state index contributed by atoms with van der Waals surface area (Å²) in [4.78, 5) is 2.49. The summed E-state index contributed by atoms with van der Waals surface area (Å²) < 4.78 is 0. The summed E-state index contributed by atoms with van der Waals surface area (Å²) in [7, 11) is 0. The van der Waals surface area contributed by atoms with Crippen LogP contribution in [0.15, 0.2) is 0 Å². The summed E-state index contributed by atoms with van der Waals surface area (Å²) in [6, 6.07) is 1.27. The Morgan fingerprint density at radius 3 is 2.50 bits per heavy atom. The van der Waals surface area contributed by atoms with Gasteiger partial charge in [-0.15, -0.1) is 0 Å². The number of hydrogen-bond donors (Lipinski definition) is 2. The molecular formula is C13H26N2O. The second-order valence-corrected chi connectivity index (χ2v) is 5.74. The first kappa shape index (κ1) is 12.3. The van der Waals surface area contributed by atoms with Gasteiger partial charge in [-0.25, -0.2) is 0 Å². The van der Waals surface area contributed by atoms with Gasteiger partial charge in [0.1, 0.15) is 0 Å². The lowest BCUT2D eigenvalue weighted by molar-refractivity contribution is -0.0204. The van der Waals surface area contributed by atoms with Crippen molar-refractivity contribution < 1.29 is 5.11 Å². The van der Waals surface area contributed by atoms with Crippen LogP contribution in [-0.2, 0) is 0 Å². The van der Waals surface area contributed by atoms with E-state index in [1.165, 1.54) is 19.3 Å². The van der Waals surface area contributed by atoms with Crippen LogP contribution in [0.5, 0.6) is 0 Å². The van der Waals surface area contributed by atoms with Crippen LogP contribution in [0.1, 0.15) is 46.0 Å². The van der Waals surface area contributed by atoms with Gasteiger partial charge in [0.15, 0.2) is 0 Å². The van der Waals surface area contributed by atoms with Gasteiger partial charge in [0, 0.05) is 25.2 Å². The zero-order chi connectivity index (χ0) is 11.8. The zero-order valence-electron chi connectivity index (χ0n) is 10.7. The van der Waals surface area contributed by atoms with Gasteiger partial charge in [-0.05, 0) is 44.9 Å². The van der Waals surface area contributed by atoms with Gasteiger partial charge in [-0.3, -0.25) is 4.90 Å². The van der Waals surface area contributed by atoms with Gasteiger partial charge < -0.3 is 10.8 Å².